The molecular formula is C26H27BrN2O3. The number of benzene rings is 3. The molecule has 2 N–H and O–H groups in total. The summed E-state index contributed by atoms with van der Waals surface area (Å²) in [5.41, 5.74) is 3.96. The van der Waals surface area contributed by atoms with Gasteiger partial charge >= 0.3 is 0 Å². The maximum Gasteiger partial charge on any atom is 0.262 e. The number of carbonyl (C=O) groups excluding carboxylic acids is 2. The number of hydrogen-bond acceptors (Lipinski definition) is 3. The Kier molecular flexibility index (Phi) is 7.36. The Hall–Kier alpha value is -3.12. The first-order chi connectivity index (χ1) is 15.1. The molecule has 32 heavy (non-hydrogen) atoms. The molecule has 0 heterocycles. The average molecular weight is 495 g/mol. The highest BCUT2D eigenvalue weighted by molar-refractivity contribution is 9.10. The van der Waals surface area contributed by atoms with E-state index in [1.54, 1.807) is 24.3 Å². The van der Waals surface area contributed by atoms with Crippen LogP contribution in [0.5, 0.6) is 5.75 Å². The molecular weight excluding hydrogens is 468 g/mol. The van der Waals surface area contributed by atoms with Crippen molar-refractivity contribution < 1.29 is 14.3 Å². The molecule has 3 aromatic rings. The smallest absolute Gasteiger partial charge is 0.262 e. The number of anilines is 2. The Morgan fingerprint density at radius 3 is 2.28 bits per heavy atom. The third-order valence-electron chi connectivity index (χ3n) is 4.95. The van der Waals surface area contributed by atoms with Gasteiger partial charge in [0.15, 0.2) is 6.61 Å². The van der Waals surface area contributed by atoms with Crippen molar-refractivity contribution in [1.29, 1.82) is 0 Å². The van der Waals surface area contributed by atoms with Gasteiger partial charge in [0, 0.05) is 16.9 Å². The molecule has 0 fully saturated rings. The van der Waals surface area contributed by atoms with Crippen molar-refractivity contribution >= 4 is 39.1 Å². The zero-order valence-corrected chi connectivity index (χ0v) is 20.2. The lowest BCUT2D eigenvalue weighted by Gasteiger charge is -2.20. The minimum absolute atomic E-state index is 0.0308. The summed E-state index contributed by atoms with van der Waals surface area (Å²) < 4.78 is 6.49. The first kappa shape index (κ1) is 23.5. The Balaban J connectivity index is 1.57. The van der Waals surface area contributed by atoms with E-state index in [-0.39, 0.29) is 23.8 Å². The molecule has 0 bridgehead atoms. The van der Waals surface area contributed by atoms with Crippen LogP contribution in [0.4, 0.5) is 11.4 Å². The zero-order valence-electron chi connectivity index (χ0n) is 18.7. The van der Waals surface area contributed by atoms with Gasteiger partial charge in [0.2, 0.25) is 0 Å². The van der Waals surface area contributed by atoms with Gasteiger partial charge in [-0.3, -0.25) is 9.59 Å². The summed E-state index contributed by atoms with van der Waals surface area (Å²) in [4.78, 5) is 24.7. The predicted octanol–water partition coefficient (Wildman–Crippen LogP) is 6.32. The molecule has 0 atom stereocenters. The van der Waals surface area contributed by atoms with E-state index in [4.69, 9.17) is 4.74 Å². The monoisotopic (exact) mass is 494 g/mol. The maximum absolute atomic E-state index is 12.4. The molecule has 0 saturated carbocycles. The zero-order chi connectivity index (χ0) is 23.3. The molecule has 3 aromatic carbocycles. The fourth-order valence-electron chi connectivity index (χ4n) is 3.09. The van der Waals surface area contributed by atoms with Crippen LogP contribution in [0, 0.1) is 6.92 Å². The molecule has 0 unspecified atom stereocenters. The molecule has 0 saturated heterocycles. The number of hydrogen-bond donors (Lipinski definition) is 2. The summed E-state index contributed by atoms with van der Waals surface area (Å²) in [5, 5.41) is 5.72. The highest BCUT2D eigenvalue weighted by Crippen LogP contribution is 2.31. The van der Waals surface area contributed by atoms with Gasteiger partial charge in [0.05, 0.1) is 4.47 Å². The van der Waals surface area contributed by atoms with Gasteiger partial charge in [0.1, 0.15) is 5.75 Å². The lowest BCUT2D eigenvalue weighted by Crippen LogP contribution is -2.20. The first-order valence-corrected chi connectivity index (χ1v) is 11.1. The number of halogens is 1. The molecule has 6 heteroatoms. The minimum Gasteiger partial charge on any atom is -0.483 e. The highest BCUT2D eigenvalue weighted by atomic mass is 79.9. The topological polar surface area (TPSA) is 67.4 Å². The normalized spacial score (nSPS) is 11.0. The summed E-state index contributed by atoms with van der Waals surface area (Å²) in [7, 11) is 0. The second-order valence-electron chi connectivity index (χ2n) is 8.58. The minimum atomic E-state index is -0.266. The van der Waals surface area contributed by atoms with Gasteiger partial charge in [-0.2, -0.15) is 0 Å². The Morgan fingerprint density at radius 1 is 0.938 bits per heavy atom. The third-order valence-corrected chi connectivity index (χ3v) is 5.57. The van der Waals surface area contributed by atoms with Crippen LogP contribution in [0.25, 0.3) is 0 Å². The van der Waals surface area contributed by atoms with Crippen LogP contribution >= 0.6 is 15.9 Å². The van der Waals surface area contributed by atoms with Gasteiger partial charge in [-0.1, -0.05) is 45.0 Å². The molecule has 3 rings (SSSR count). The van der Waals surface area contributed by atoms with Crippen molar-refractivity contribution in [2.75, 3.05) is 17.2 Å². The summed E-state index contributed by atoms with van der Waals surface area (Å²) in [6.07, 6.45) is 0. The molecule has 0 aliphatic carbocycles. The SMILES string of the molecule is Cc1cc(NC(=O)COc2ccc(C(C)(C)C)cc2Br)ccc1NC(=O)c1ccccc1. The molecule has 166 valence electrons. The predicted molar refractivity (Wildman–Crippen MR) is 133 cm³/mol. The number of carbonyl (C=O) groups is 2. The van der Waals surface area contributed by atoms with E-state index in [2.05, 4.69) is 47.3 Å². The van der Waals surface area contributed by atoms with E-state index in [1.165, 1.54) is 5.56 Å². The van der Waals surface area contributed by atoms with Crippen molar-refractivity contribution in [1.82, 2.24) is 0 Å². The van der Waals surface area contributed by atoms with Crippen LogP contribution in [-0.2, 0) is 10.2 Å². The molecule has 0 aliphatic rings. The average Bonchev–Trinajstić information content (AvgIpc) is 2.74. The van der Waals surface area contributed by atoms with Crippen molar-refractivity contribution in [3.63, 3.8) is 0 Å². The highest BCUT2D eigenvalue weighted by Gasteiger charge is 2.16. The van der Waals surface area contributed by atoms with Crippen LogP contribution in [0.15, 0.2) is 71.2 Å². The Bertz CT molecular complexity index is 1120. The van der Waals surface area contributed by atoms with Gasteiger partial charge < -0.3 is 15.4 Å². The Morgan fingerprint density at radius 2 is 1.66 bits per heavy atom. The van der Waals surface area contributed by atoms with Gasteiger partial charge in [0.25, 0.3) is 11.8 Å². The maximum atomic E-state index is 12.4. The number of aryl methyl sites for hydroxylation is 1. The lowest BCUT2D eigenvalue weighted by molar-refractivity contribution is -0.118. The fourth-order valence-corrected chi connectivity index (χ4v) is 3.58. The van der Waals surface area contributed by atoms with Crippen LogP contribution in [-0.4, -0.2) is 18.4 Å². The molecule has 0 aliphatic heterocycles. The van der Waals surface area contributed by atoms with E-state index in [0.29, 0.717) is 22.7 Å². The van der Waals surface area contributed by atoms with Crippen molar-refractivity contribution in [3.05, 3.63) is 87.9 Å². The van der Waals surface area contributed by atoms with E-state index in [0.717, 1.165) is 10.0 Å². The standard InChI is InChI=1S/C26H27BrN2O3/c1-17-14-20(11-12-22(17)29-25(31)18-8-6-5-7-9-18)28-24(30)16-32-23-13-10-19(15-21(23)27)26(2,3)4/h5-15H,16H2,1-4H3,(H,28,30)(H,29,31). The largest absolute Gasteiger partial charge is 0.483 e. The Labute approximate surface area is 197 Å². The quantitative estimate of drug-likeness (QED) is 0.420. The summed E-state index contributed by atoms with van der Waals surface area (Å²) in [5.74, 6) is 0.169. The van der Waals surface area contributed by atoms with Crippen LogP contribution < -0.4 is 15.4 Å². The molecule has 5 nitrogen and oxygen atoms in total. The molecule has 0 radical (unpaired) electrons. The van der Waals surface area contributed by atoms with Crippen molar-refractivity contribution in [2.24, 2.45) is 0 Å². The van der Waals surface area contributed by atoms with Crippen molar-refractivity contribution in [3.8, 4) is 5.75 Å². The van der Waals surface area contributed by atoms with Crippen LogP contribution in [0.1, 0.15) is 42.3 Å². The summed E-state index contributed by atoms with van der Waals surface area (Å²) in [6.45, 7) is 8.19. The lowest BCUT2D eigenvalue weighted by atomic mass is 9.87. The summed E-state index contributed by atoms with van der Waals surface area (Å²) >= 11 is 3.52. The number of amides is 2. The van der Waals surface area contributed by atoms with Gasteiger partial charge in [-0.25, -0.2) is 0 Å². The second-order valence-corrected chi connectivity index (χ2v) is 9.44. The van der Waals surface area contributed by atoms with Gasteiger partial charge in [-0.15, -0.1) is 0 Å². The van der Waals surface area contributed by atoms with Gasteiger partial charge in [-0.05, 0) is 81.9 Å². The van der Waals surface area contributed by atoms with E-state index in [9.17, 15) is 9.59 Å². The molecule has 2 amide bonds. The van der Waals surface area contributed by atoms with E-state index < -0.39 is 0 Å². The van der Waals surface area contributed by atoms with E-state index >= 15 is 0 Å². The first-order valence-electron chi connectivity index (χ1n) is 10.3. The van der Waals surface area contributed by atoms with E-state index in [1.807, 2.05) is 49.4 Å². The van der Waals surface area contributed by atoms with Crippen LogP contribution in [0.3, 0.4) is 0 Å². The third kappa shape index (κ3) is 6.20. The second kappa shape index (κ2) is 10.0. The van der Waals surface area contributed by atoms with Crippen molar-refractivity contribution in [2.45, 2.75) is 33.1 Å². The molecule has 0 aromatic heterocycles. The molecule has 0 spiro atoms. The number of ether oxygens (including phenoxy) is 1. The number of nitrogens with one attached hydrogen (secondary N) is 2. The fraction of sp³-hybridized carbons (Fsp3) is 0.231. The van der Waals surface area contributed by atoms with Crippen LogP contribution in [0.2, 0.25) is 0 Å². The number of rotatable bonds is 6. The summed E-state index contributed by atoms with van der Waals surface area (Å²) in [6, 6.07) is 20.2.